The molecule has 0 bridgehead atoms. The molecule has 1 fully saturated rings. The van der Waals surface area contributed by atoms with Gasteiger partial charge in [-0.25, -0.2) is 15.0 Å². The van der Waals surface area contributed by atoms with Crippen molar-refractivity contribution in [3.63, 3.8) is 0 Å². The number of hydrogen-bond acceptors (Lipinski definition) is 7. The highest BCUT2D eigenvalue weighted by atomic mass is 35.5. The van der Waals surface area contributed by atoms with E-state index < -0.39 is 24.5 Å². The van der Waals surface area contributed by atoms with Crippen molar-refractivity contribution in [1.29, 1.82) is 0 Å². The van der Waals surface area contributed by atoms with Crippen LogP contribution >= 0.6 is 11.6 Å². The van der Waals surface area contributed by atoms with Crippen molar-refractivity contribution in [2.75, 3.05) is 5.32 Å². The lowest BCUT2D eigenvalue weighted by Gasteiger charge is -2.16. The molecule has 3 heterocycles. The van der Waals surface area contributed by atoms with Crippen LogP contribution in [-0.4, -0.2) is 54.0 Å². The number of aromatic nitrogens is 4. The van der Waals surface area contributed by atoms with E-state index in [-0.39, 0.29) is 11.7 Å². The summed E-state index contributed by atoms with van der Waals surface area (Å²) in [6.45, 7) is 5.19. The van der Waals surface area contributed by atoms with Crippen LogP contribution in [0.1, 0.15) is 25.1 Å². The first-order valence-corrected chi connectivity index (χ1v) is 10.1. The second kappa shape index (κ2) is 8.72. The summed E-state index contributed by atoms with van der Waals surface area (Å²) < 4.78 is 7.51. The zero-order valence-corrected chi connectivity index (χ0v) is 17.5. The van der Waals surface area contributed by atoms with Crippen LogP contribution in [0.2, 0.25) is 5.02 Å². The van der Waals surface area contributed by atoms with Crippen LogP contribution in [0.3, 0.4) is 0 Å². The number of aliphatic hydroxyl groups is 2. The van der Waals surface area contributed by atoms with E-state index in [1.165, 1.54) is 17.2 Å². The monoisotopic (exact) mass is 443 g/mol. The number of fused-ring (bicyclic) bond motifs is 1. The number of anilines is 1. The number of aryl methyl sites for hydroxylation is 1. The van der Waals surface area contributed by atoms with Crippen molar-refractivity contribution in [1.82, 2.24) is 19.5 Å². The topological polar surface area (TPSA) is 122 Å². The fourth-order valence-electron chi connectivity index (χ4n) is 3.50. The number of ether oxygens (including phenoxy) is 1. The second-order valence-corrected chi connectivity index (χ2v) is 7.93. The van der Waals surface area contributed by atoms with Crippen molar-refractivity contribution < 1.29 is 19.7 Å². The Kier molecular flexibility index (Phi) is 6.01. The maximum absolute atomic E-state index is 12.0. The maximum Gasteiger partial charge on any atom is 0.251 e. The van der Waals surface area contributed by atoms with Gasteiger partial charge in [-0.1, -0.05) is 30.3 Å². The number of halogens is 1. The van der Waals surface area contributed by atoms with Crippen LogP contribution in [0.4, 0.5) is 5.82 Å². The van der Waals surface area contributed by atoms with Gasteiger partial charge in [0.1, 0.15) is 18.5 Å². The normalized spacial score (nSPS) is 23.2. The van der Waals surface area contributed by atoms with Crippen LogP contribution < -0.4 is 5.32 Å². The molecule has 31 heavy (non-hydrogen) atoms. The molecule has 1 amide bonds. The average Bonchev–Trinajstić information content (AvgIpc) is 3.30. The van der Waals surface area contributed by atoms with Crippen molar-refractivity contribution in [3.8, 4) is 0 Å². The third kappa shape index (κ3) is 4.31. The molecule has 3 aromatic rings. The van der Waals surface area contributed by atoms with E-state index >= 15 is 0 Å². The fraction of sp³-hybridized carbons (Fsp3) is 0.333. The molecule has 1 aliphatic rings. The maximum atomic E-state index is 12.0. The Labute approximate surface area is 183 Å². The Morgan fingerprint density at radius 1 is 1.23 bits per heavy atom. The molecule has 4 atom stereocenters. The number of carbonyl (C=O) groups is 1. The summed E-state index contributed by atoms with van der Waals surface area (Å²) in [5.74, 6) is -0.159. The van der Waals surface area contributed by atoms with Gasteiger partial charge in [-0.3, -0.25) is 9.36 Å². The highest BCUT2D eigenvalue weighted by molar-refractivity contribution is 6.30. The number of carbonyl (C=O) groups excluding carboxylic acids is 1. The van der Waals surface area contributed by atoms with Gasteiger partial charge in [0.15, 0.2) is 23.2 Å². The molecule has 1 saturated heterocycles. The molecule has 0 saturated carbocycles. The van der Waals surface area contributed by atoms with E-state index in [2.05, 4.69) is 26.8 Å². The lowest BCUT2D eigenvalue weighted by atomic mass is 10.0. The Morgan fingerprint density at radius 2 is 1.97 bits per heavy atom. The van der Waals surface area contributed by atoms with Gasteiger partial charge in [0.05, 0.1) is 12.4 Å². The van der Waals surface area contributed by atoms with Gasteiger partial charge in [0.2, 0.25) is 0 Å². The van der Waals surface area contributed by atoms with Gasteiger partial charge in [-0.05, 0) is 37.5 Å². The summed E-state index contributed by atoms with van der Waals surface area (Å²) in [6, 6.07) is 7.45. The van der Waals surface area contributed by atoms with Crippen molar-refractivity contribution in [3.05, 3.63) is 59.7 Å². The zero-order valence-electron chi connectivity index (χ0n) is 16.8. The van der Waals surface area contributed by atoms with Gasteiger partial charge in [-0.15, -0.1) is 0 Å². The first-order valence-electron chi connectivity index (χ1n) is 9.75. The van der Waals surface area contributed by atoms with E-state index in [1.807, 2.05) is 24.3 Å². The third-order valence-electron chi connectivity index (χ3n) is 5.22. The number of nitrogens with one attached hydrogen (secondary N) is 1. The highest BCUT2D eigenvalue weighted by Gasteiger charge is 2.44. The number of aliphatic hydroxyl groups excluding tert-OH is 2. The first-order chi connectivity index (χ1) is 14.8. The SMILES string of the molecule is C=C(C)C(=O)Nc1ncnc2c1ncn2[C@@H]1O[C@H](CCc2ccc(Cl)cc2)[C@@H](O)[C@H]1O. The summed E-state index contributed by atoms with van der Waals surface area (Å²) >= 11 is 5.92. The molecule has 1 aliphatic heterocycles. The van der Waals surface area contributed by atoms with Gasteiger partial charge in [-0.2, -0.15) is 0 Å². The molecule has 0 radical (unpaired) electrons. The Hall–Kier alpha value is -2.85. The van der Waals surface area contributed by atoms with Crippen LogP contribution in [0.25, 0.3) is 11.2 Å². The molecule has 2 aromatic heterocycles. The third-order valence-corrected chi connectivity index (χ3v) is 5.47. The zero-order chi connectivity index (χ0) is 22.1. The van der Waals surface area contributed by atoms with Crippen molar-refractivity contribution in [2.24, 2.45) is 0 Å². The molecule has 0 unspecified atom stereocenters. The number of hydrogen-bond donors (Lipinski definition) is 3. The number of benzene rings is 1. The molecule has 9 nitrogen and oxygen atoms in total. The van der Waals surface area contributed by atoms with E-state index in [9.17, 15) is 15.0 Å². The quantitative estimate of drug-likeness (QED) is 0.499. The molecule has 3 N–H and O–H groups in total. The molecule has 1 aromatic carbocycles. The predicted octanol–water partition coefficient (Wildman–Crippen LogP) is 2.25. The number of nitrogens with zero attached hydrogens (tertiary/aromatic N) is 4. The van der Waals surface area contributed by atoms with Gasteiger partial charge in [0.25, 0.3) is 5.91 Å². The average molecular weight is 444 g/mol. The largest absolute Gasteiger partial charge is 0.388 e. The molecule has 162 valence electrons. The Bertz CT molecular complexity index is 1120. The smallest absolute Gasteiger partial charge is 0.251 e. The van der Waals surface area contributed by atoms with Crippen molar-refractivity contribution in [2.45, 2.75) is 44.3 Å². The van der Waals surface area contributed by atoms with Crippen LogP contribution in [-0.2, 0) is 16.0 Å². The summed E-state index contributed by atoms with van der Waals surface area (Å²) in [6.07, 6.45) is 0.199. The minimum absolute atomic E-state index is 0.226. The lowest BCUT2D eigenvalue weighted by Crippen LogP contribution is -2.31. The van der Waals surface area contributed by atoms with Crippen LogP contribution in [0.5, 0.6) is 0 Å². The second-order valence-electron chi connectivity index (χ2n) is 7.49. The summed E-state index contributed by atoms with van der Waals surface area (Å²) in [4.78, 5) is 24.5. The first kappa shape index (κ1) is 21.4. The van der Waals surface area contributed by atoms with Crippen LogP contribution in [0, 0.1) is 0 Å². The fourth-order valence-corrected chi connectivity index (χ4v) is 3.63. The Morgan fingerprint density at radius 3 is 2.68 bits per heavy atom. The van der Waals surface area contributed by atoms with E-state index in [1.54, 1.807) is 6.92 Å². The molecule has 4 rings (SSSR count). The van der Waals surface area contributed by atoms with E-state index in [4.69, 9.17) is 16.3 Å². The lowest BCUT2D eigenvalue weighted by molar-refractivity contribution is -0.112. The van der Waals surface area contributed by atoms with E-state index in [0.29, 0.717) is 34.6 Å². The molecular weight excluding hydrogens is 422 g/mol. The summed E-state index contributed by atoms with van der Waals surface area (Å²) in [5, 5.41) is 24.4. The Balaban J connectivity index is 1.53. The van der Waals surface area contributed by atoms with Gasteiger partial charge >= 0.3 is 0 Å². The molecule has 0 aliphatic carbocycles. The summed E-state index contributed by atoms with van der Waals surface area (Å²) in [7, 11) is 0. The number of amides is 1. The van der Waals surface area contributed by atoms with Gasteiger partial charge in [0, 0.05) is 10.6 Å². The minimum Gasteiger partial charge on any atom is -0.388 e. The standard InChI is InChI=1S/C21H22ClN5O4/c1-11(2)20(30)26-18-15-19(24-9-23-18)27(10-25-15)21-17(29)16(28)14(31-21)8-5-12-3-6-13(22)7-4-12/h3-4,6-7,9-10,14,16-17,21,28-29H,1,5,8H2,2H3,(H,23,24,26,30)/t14-,16-,17-,21-/m1/s1. The van der Waals surface area contributed by atoms with Crippen molar-refractivity contribution >= 4 is 34.5 Å². The molecule has 10 heteroatoms. The number of rotatable bonds is 6. The van der Waals surface area contributed by atoms with Gasteiger partial charge < -0.3 is 20.3 Å². The minimum atomic E-state index is -1.17. The molecular formula is C21H22ClN5O4. The molecule has 0 spiro atoms. The van der Waals surface area contributed by atoms with E-state index in [0.717, 1.165) is 5.56 Å². The predicted molar refractivity (Wildman–Crippen MR) is 114 cm³/mol. The van der Waals surface area contributed by atoms with Crippen LogP contribution in [0.15, 0.2) is 49.1 Å². The number of imidazole rings is 1. The highest BCUT2D eigenvalue weighted by Crippen LogP contribution is 2.34. The summed E-state index contributed by atoms with van der Waals surface area (Å²) in [5.41, 5.74) is 2.08.